The molecule has 0 N–H and O–H groups in total. The minimum Gasteiger partial charge on any atom is -0.297 e. The van der Waals surface area contributed by atoms with E-state index in [1.54, 1.807) is 0 Å². The second-order valence-corrected chi connectivity index (χ2v) is 6.10. The molecule has 1 saturated heterocycles. The highest BCUT2D eigenvalue weighted by atomic mass is 35.5. The summed E-state index contributed by atoms with van der Waals surface area (Å²) in [6.07, 6.45) is 2.23. The second kappa shape index (κ2) is 4.81. The van der Waals surface area contributed by atoms with Crippen LogP contribution in [0, 0.1) is 13.8 Å². The maximum Gasteiger partial charge on any atom is 0.107 e. The van der Waals surface area contributed by atoms with Crippen LogP contribution in [0.5, 0.6) is 0 Å². The summed E-state index contributed by atoms with van der Waals surface area (Å²) in [4.78, 5) is 8.37. The van der Waals surface area contributed by atoms with Gasteiger partial charge in [-0.15, -0.1) is 22.9 Å². The van der Waals surface area contributed by atoms with E-state index in [1.165, 1.54) is 15.6 Å². The Kier molecular flexibility index (Phi) is 3.65. The van der Waals surface area contributed by atoms with Crippen LogP contribution in [0.4, 0.5) is 0 Å². The van der Waals surface area contributed by atoms with Crippen molar-refractivity contribution in [2.24, 2.45) is 0 Å². The van der Waals surface area contributed by atoms with E-state index in [-0.39, 0.29) is 0 Å². The normalized spacial score (nSPS) is 19.7. The van der Waals surface area contributed by atoms with Crippen LogP contribution < -0.4 is 0 Å². The first-order chi connectivity index (χ1) is 7.15. The van der Waals surface area contributed by atoms with E-state index < -0.39 is 0 Å². The summed E-state index contributed by atoms with van der Waals surface area (Å²) >= 11 is 7.90. The van der Waals surface area contributed by atoms with Crippen molar-refractivity contribution in [3.05, 3.63) is 15.6 Å². The van der Waals surface area contributed by atoms with E-state index in [2.05, 4.69) is 23.7 Å². The largest absolute Gasteiger partial charge is 0.297 e. The predicted molar refractivity (Wildman–Crippen MR) is 65.7 cm³/mol. The SMILES string of the molecule is Cc1nc(CN2CCC(Cl)CC2)sc1C. The lowest BCUT2D eigenvalue weighted by atomic mass is 10.1. The first-order valence-corrected chi connectivity index (χ1v) is 6.70. The molecule has 1 aliphatic rings. The van der Waals surface area contributed by atoms with Crippen LogP contribution in [-0.2, 0) is 6.54 Å². The molecule has 2 rings (SSSR count). The molecule has 0 unspecified atom stereocenters. The molecule has 0 spiro atoms. The molecule has 1 fully saturated rings. The number of thiazole rings is 1. The van der Waals surface area contributed by atoms with Crippen LogP contribution in [0.15, 0.2) is 0 Å². The highest BCUT2D eigenvalue weighted by Crippen LogP contribution is 2.21. The van der Waals surface area contributed by atoms with Gasteiger partial charge in [0.05, 0.1) is 12.2 Å². The maximum atomic E-state index is 6.07. The van der Waals surface area contributed by atoms with Gasteiger partial charge < -0.3 is 0 Å². The van der Waals surface area contributed by atoms with Gasteiger partial charge in [0.15, 0.2) is 0 Å². The summed E-state index contributed by atoms with van der Waals surface area (Å²) in [6.45, 7) is 7.46. The van der Waals surface area contributed by atoms with Crippen LogP contribution in [0.2, 0.25) is 0 Å². The summed E-state index contributed by atoms with van der Waals surface area (Å²) in [7, 11) is 0. The Hall–Kier alpha value is -0.120. The minimum atomic E-state index is 0.390. The minimum absolute atomic E-state index is 0.390. The molecule has 0 amide bonds. The third-order valence-corrected chi connectivity index (χ3v) is 4.44. The van der Waals surface area contributed by atoms with E-state index in [1.807, 2.05) is 11.3 Å². The lowest BCUT2D eigenvalue weighted by Crippen LogP contribution is -2.33. The van der Waals surface area contributed by atoms with Crippen LogP contribution in [0.25, 0.3) is 0 Å². The Labute approximate surface area is 100 Å². The summed E-state index contributed by atoms with van der Waals surface area (Å²) in [5.74, 6) is 0. The molecule has 1 aromatic heterocycles. The third kappa shape index (κ3) is 2.92. The van der Waals surface area contributed by atoms with Crippen LogP contribution >= 0.6 is 22.9 Å². The van der Waals surface area contributed by atoms with Crippen molar-refractivity contribution in [3.63, 3.8) is 0 Å². The fourth-order valence-corrected chi connectivity index (χ4v) is 3.03. The van der Waals surface area contributed by atoms with Gasteiger partial charge in [0.2, 0.25) is 0 Å². The highest BCUT2D eigenvalue weighted by Gasteiger charge is 2.18. The van der Waals surface area contributed by atoms with Crippen molar-refractivity contribution >= 4 is 22.9 Å². The van der Waals surface area contributed by atoms with Gasteiger partial charge in [-0.05, 0) is 39.8 Å². The number of rotatable bonds is 2. The second-order valence-electron chi connectivity index (χ2n) is 4.20. The van der Waals surface area contributed by atoms with Crippen molar-refractivity contribution in [3.8, 4) is 0 Å². The van der Waals surface area contributed by atoms with Gasteiger partial charge in [0, 0.05) is 10.3 Å². The van der Waals surface area contributed by atoms with Crippen molar-refractivity contribution in [1.29, 1.82) is 0 Å². The van der Waals surface area contributed by atoms with E-state index in [0.29, 0.717) is 5.38 Å². The molecule has 4 heteroatoms. The van der Waals surface area contributed by atoms with Crippen LogP contribution in [0.1, 0.15) is 28.4 Å². The molecule has 1 aliphatic heterocycles. The van der Waals surface area contributed by atoms with Gasteiger partial charge >= 0.3 is 0 Å². The first kappa shape index (κ1) is 11.4. The Bertz CT molecular complexity index is 310. The van der Waals surface area contributed by atoms with Gasteiger partial charge in [0.25, 0.3) is 0 Å². The van der Waals surface area contributed by atoms with Gasteiger partial charge in [-0.25, -0.2) is 4.98 Å². The highest BCUT2D eigenvalue weighted by molar-refractivity contribution is 7.11. The monoisotopic (exact) mass is 244 g/mol. The molecule has 0 aromatic carbocycles. The predicted octanol–water partition coefficient (Wildman–Crippen LogP) is 2.96. The van der Waals surface area contributed by atoms with Crippen molar-refractivity contribution in [1.82, 2.24) is 9.88 Å². The molecule has 0 saturated carbocycles. The number of aromatic nitrogens is 1. The molecule has 84 valence electrons. The third-order valence-electron chi connectivity index (χ3n) is 2.95. The fraction of sp³-hybridized carbons (Fsp3) is 0.727. The van der Waals surface area contributed by atoms with Crippen molar-refractivity contribution < 1.29 is 0 Å². The number of hydrogen-bond acceptors (Lipinski definition) is 3. The maximum absolute atomic E-state index is 6.07. The molecule has 2 nitrogen and oxygen atoms in total. The van der Waals surface area contributed by atoms with Crippen molar-refractivity contribution in [2.45, 2.75) is 38.6 Å². The van der Waals surface area contributed by atoms with Gasteiger partial charge in [-0.3, -0.25) is 4.90 Å². The van der Waals surface area contributed by atoms with Gasteiger partial charge in [0.1, 0.15) is 5.01 Å². The molecule has 1 aromatic rings. The number of halogens is 1. The lowest BCUT2D eigenvalue weighted by molar-refractivity contribution is 0.223. The zero-order chi connectivity index (χ0) is 10.8. The molecule has 15 heavy (non-hydrogen) atoms. The van der Waals surface area contributed by atoms with Crippen molar-refractivity contribution in [2.75, 3.05) is 13.1 Å². The number of nitrogens with zero attached hydrogens (tertiary/aromatic N) is 2. The molecule has 0 atom stereocenters. The summed E-state index contributed by atoms with van der Waals surface area (Å²) in [5, 5.41) is 1.64. The number of piperidine rings is 1. The molecular formula is C11H17ClN2S. The quantitative estimate of drug-likeness (QED) is 0.744. The zero-order valence-corrected chi connectivity index (χ0v) is 10.9. The van der Waals surface area contributed by atoms with E-state index >= 15 is 0 Å². The topological polar surface area (TPSA) is 16.1 Å². The average molecular weight is 245 g/mol. The molecule has 0 radical (unpaired) electrons. The lowest BCUT2D eigenvalue weighted by Gasteiger charge is -2.28. The van der Waals surface area contributed by atoms with E-state index in [0.717, 1.165) is 32.5 Å². The zero-order valence-electron chi connectivity index (χ0n) is 9.29. The van der Waals surface area contributed by atoms with Gasteiger partial charge in [-0.1, -0.05) is 0 Å². The summed E-state index contributed by atoms with van der Waals surface area (Å²) < 4.78 is 0. The molecular weight excluding hydrogens is 228 g/mol. The molecule has 0 bridgehead atoms. The number of aryl methyl sites for hydroxylation is 2. The Balaban J connectivity index is 1.91. The Morgan fingerprint density at radius 3 is 2.60 bits per heavy atom. The number of likely N-dealkylation sites (tertiary alicyclic amines) is 1. The van der Waals surface area contributed by atoms with Crippen LogP contribution in [0.3, 0.4) is 0 Å². The summed E-state index contributed by atoms with van der Waals surface area (Å²) in [5.41, 5.74) is 1.18. The Morgan fingerprint density at radius 2 is 2.07 bits per heavy atom. The number of hydrogen-bond donors (Lipinski definition) is 0. The van der Waals surface area contributed by atoms with E-state index in [9.17, 15) is 0 Å². The number of alkyl halides is 1. The first-order valence-electron chi connectivity index (χ1n) is 5.44. The van der Waals surface area contributed by atoms with E-state index in [4.69, 9.17) is 11.6 Å². The Morgan fingerprint density at radius 1 is 1.40 bits per heavy atom. The molecule has 2 heterocycles. The van der Waals surface area contributed by atoms with Crippen LogP contribution in [-0.4, -0.2) is 28.4 Å². The van der Waals surface area contributed by atoms with Gasteiger partial charge in [-0.2, -0.15) is 0 Å². The fourth-order valence-electron chi connectivity index (χ4n) is 1.86. The average Bonchev–Trinajstić information content (AvgIpc) is 2.50. The standard InChI is InChI=1S/C11H17ClN2S/c1-8-9(2)15-11(13-8)7-14-5-3-10(12)4-6-14/h10H,3-7H2,1-2H3. The molecule has 0 aliphatic carbocycles. The summed E-state index contributed by atoms with van der Waals surface area (Å²) in [6, 6.07) is 0. The smallest absolute Gasteiger partial charge is 0.107 e.